The van der Waals surface area contributed by atoms with Crippen molar-refractivity contribution >= 4 is 22.9 Å². The highest BCUT2D eigenvalue weighted by molar-refractivity contribution is 7.15. The van der Waals surface area contributed by atoms with Crippen molar-refractivity contribution in [2.24, 2.45) is 5.73 Å². The first kappa shape index (κ1) is 11.6. The molecule has 1 aromatic heterocycles. The number of amides is 1. The predicted molar refractivity (Wildman–Crippen MR) is 69.6 cm³/mol. The predicted octanol–water partition coefficient (Wildman–Crippen LogP) is 1.73. The molecule has 0 atom stereocenters. The van der Waals surface area contributed by atoms with Gasteiger partial charge in [-0.2, -0.15) is 0 Å². The molecule has 0 aliphatic rings. The Balaban J connectivity index is 2.35. The molecule has 1 amide bonds. The third kappa shape index (κ3) is 2.62. The molecule has 0 aliphatic heterocycles. The molecular formula is C12H13N3OS. The van der Waals surface area contributed by atoms with E-state index in [0.29, 0.717) is 0 Å². The molecule has 5 heteroatoms. The van der Waals surface area contributed by atoms with E-state index in [0.717, 1.165) is 26.8 Å². The highest BCUT2D eigenvalue weighted by Gasteiger charge is 2.11. The maximum Gasteiger partial charge on any atom is 0.224 e. The zero-order valence-electron chi connectivity index (χ0n) is 9.43. The lowest BCUT2D eigenvalue weighted by Crippen LogP contribution is -2.13. The third-order valence-corrected chi connectivity index (χ3v) is 3.55. The zero-order valence-corrected chi connectivity index (χ0v) is 10.3. The van der Waals surface area contributed by atoms with E-state index < -0.39 is 0 Å². The second-order valence-corrected chi connectivity index (χ2v) is 4.87. The number of benzene rings is 1. The maximum atomic E-state index is 10.8. The van der Waals surface area contributed by atoms with E-state index in [1.54, 1.807) is 0 Å². The number of nitrogen functional groups attached to an aromatic ring is 1. The maximum absolute atomic E-state index is 10.8. The van der Waals surface area contributed by atoms with E-state index >= 15 is 0 Å². The minimum Gasteiger partial charge on any atom is -0.399 e. The lowest BCUT2D eigenvalue weighted by Gasteiger charge is -1.98. The monoisotopic (exact) mass is 247 g/mol. The number of nitrogens with zero attached hydrogens (tertiary/aromatic N) is 1. The zero-order chi connectivity index (χ0) is 12.4. The second-order valence-electron chi connectivity index (χ2n) is 3.79. The quantitative estimate of drug-likeness (QED) is 0.810. The van der Waals surface area contributed by atoms with Gasteiger partial charge in [0.2, 0.25) is 5.91 Å². The van der Waals surface area contributed by atoms with Gasteiger partial charge in [0.05, 0.1) is 17.0 Å². The van der Waals surface area contributed by atoms with E-state index in [9.17, 15) is 4.79 Å². The molecule has 0 spiro atoms. The summed E-state index contributed by atoms with van der Waals surface area (Å²) in [5.41, 5.74) is 13.5. The molecule has 0 aliphatic carbocycles. The van der Waals surface area contributed by atoms with Crippen LogP contribution in [-0.4, -0.2) is 10.9 Å². The Bertz CT molecular complexity index is 545. The molecule has 88 valence electrons. The highest BCUT2D eigenvalue weighted by Crippen LogP contribution is 2.30. The molecule has 0 saturated carbocycles. The standard InChI is InChI=1S/C12H13N3OS/c1-7-12(8-2-4-9(13)5-3-8)17-11(15-7)6-10(14)16/h2-5H,6,13H2,1H3,(H2,14,16). The van der Waals surface area contributed by atoms with Gasteiger partial charge in [0.25, 0.3) is 0 Å². The fraction of sp³-hybridized carbons (Fsp3) is 0.167. The number of nitrogens with two attached hydrogens (primary N) is 2. The van der Waals surface area contributed by atoms with Gasteiger partial charge in [-0.05, 0) is 24.6 Å². The van der Waals surface area contributed by atoms with Crippen LogP contribution in [0.5, 0.6) is 0 Å². The van der Waals surface area contributed by atoms with Crippen molar-refractivity contribution in [3.63, 3.8) is 0 Å². The first-order valence-electron chi connectivity index (χ1n) is 5.17. The Labute approximate surface area is 103 Å². The Morgan fingerprint density at radius 2 is 2.00 bits per heavy atom. The summed E-state index contributed by atoms with van der Waals surface area (Å²) in [7, 11) is 0. The summed E-state index contributed by atoms with van der Waals surface area (Å²) in [5, 5.41) is 0.752. The molecule has 0 fully saturated rings. The topological polar surface area (TPSA) is 82.0 Å². The molecule has 1 heterocycles. The van der Waals surface area contributed by atoms with Gasteiger partial charge in [-0.3, -0.25) is 4.79 Å². The van der Waals surface area contributed by atoms with Crippen LogP contribution in [0.15, 0.2) is 24.3 Å². The summed E-state index contributed by atoms with van der Waals surface area (Å²) >= 11 is 1.49. The number of rotatable bonds is 3. The molecule has 0 unspecified atom stereocenters. The SMILES string of the molecule is Cc1nc(CC(N)=O)sc1-c1ccc(N)cc1. The van der Waals surface area contributed by atoms with Crippen molar-refractivity contribution in [3.8, 4) is 10.4 Å². The Morgan fingerprint density at radius 1 is 1.35 bits per heavy atom. The van der Waals surface area contributed by atoms with E-state index in [2.05, 4.69) is 4.98 Å². The van der Waals surface area contributed by atoms with Crippen LogP contribution in [0.4, 0.5) is 5.69 Å². The molecule has 0 bridgehead atoms. The van der Waals surface area contributed by atoms with E-state index in [-0.39, 0.29) is 12.3 Å². The highest BCUT2D eigenvalue weighted by atomic mass is 32.1. The van der Waals surface area contributed by atoms with E-state index in [4.69, 9.17) is 11.5 Å². The van der Waals surface area contributed by atoms with Crippen molar-refractivity contribution in [2.45, 2.75) is 13.3 Å². The van der Waals surface area contributed by atoms with Gasteiger partial charge in [-0.15, -0.1) is 11.3 Å². The number of anilines is 1. The van der Waals surface area contributed by atoms with Crippen molar-refractivity contribution < 1.29 is 4.79 Å². The number of aromatic nitrogens is 1. The third-order valence-electron chi connectivity index (χ3n) is 2.34. The van der Waals surface area contributed by atoms with Gasteiger partial charge in [-0.25, -0.2) is 4.98 Å². The van der Waals surface area contributed by atoms with Gasteiger partial charge in [-0.1, -0.05) is 12.1 Å². The molecule has 17 heavy (non-hydrogen) atoms. The second kappa shape index (κ2) is 4.55. The van der Waals surface area contributed by atoms with Crippen LogP contribution >= 0.6 is 11.3 Å². The summed E-state index contributed by atoms with van der Waals surface area (Å²) in [5.74, 6) is -0.359. The van der Waals surface area contributed by atoms with Crippen LogP contribution < -0.4 is 11.5 Å². The van der Waals surface area contributed by atoms with Gasteiger partial charge in [0.1, 0.15) is 5.01 Å². The fourth-order valence-corrected chi connectivity index (χ4v) is 2.66. The first-order valence-corrected chi connectivity index (χ1v) is 5.98. The lowest BCUT2D eigenvalue weighted by atomic mass is 10.1. The van der Waals surface area contributed by atoms with Crippen LogP contribution in [0.1, 0.15) is 10.7 Å². The van der Waals surface area contributed by atoms with E-state index in [1.165, 1.54) is 11.3 Å². The summed E-state index contributed by atoms with van der Waals surface area (Å²) in [4.78, 5) is 16.2. The minimum absolute atomic E-state index is 0.195. The summed E-state index contributed by atoms with van der Waals surface area (Å²) in [6.07, 6.45) is 0.195. The Kier molecular flexibility index (Phi) is 3.10. The average molecular weight is 247 g/mol. The van der Waals surface area contributed by atoms with E-state index in [1.807, 2.05) is 31.2 Å². The van der Waals surface area contributed by atoms with Gasteiger partial charge >= 0.3 is 0 Å². The molecule has 4 N–H and O–H groups in total. The first-order chi connectivity index (χ1) is 8.06. The number of carbonyl (C=O) groups is 1. The largest absolute Gasteiger partial charge is 0.399 e. The normalized spacial score (nSPS) is 10.4. The van der Waals surface area contributed by atoms with Gasteiger partial charge in [0.15, 0.2) is 0 Å². The van der Waals surface area contributed by atoms with Crippen LogP contribution in [0.2, 0.25) is 0 Å². The van der Waals surface area contributed by atoms with Crippen molar-refractivity contribution in [1.82, 2.24) is 4.98 Å². The summed E-state index contributed by atoms with van der Waals surface area (Å²) in [6, 6.07) is 7.60. The smallest absolute Gasteiger partial charge is 0.224 e. The molecular weight excluding hydrogens is 234 g/mol. The van der Waals surface area contributed by atoms with Crippen LogP contribution in [0, 0.1) is 6.92 Å². The number of hydrogen-bond acceptors (Lipinski definition) is 4. The molecule has 2 aromatic rings. The lowest BCUT2D eigenvalue weighted by molar-refractivity contribution is -0.117. The molecule has 0 radical (unpaired) electrons. The fourth-order valence-electron chi connectivity index (χ4n) is 1.58. The van der Waals surface area contributed by atoms with Crippen LogP contribution in [-0.2, 0) is 11.2 Å². The number of thiazole rings is 1. The van der Waals surface area contributed by atoms with Crippen LogP contribution in [0.25, 0.3) is 10.4 Å². The van der Waals surface area contributed by atoms with Gasteiger partial charge in [0, 0.05) is 5.69 Å². The summed E-state index contributed by atoms with van der Waals surface area (Å²) < 4.78 is 0. The minimum atomic E-state index is -0.359. The Hall–Kier alpha value is -1.88. The van der Waals surface area contributed by atoms with Crippen LogP contribution in [0.3, 0.4) is 0 Å². The van der Waals surface area contributed by atoms with Crippen molar-refractivity contribution in [1.29, 1.82) is 0 Å². The number of primary amides is 1. The van der Waals surface area contributed by atoms with Crippen molar-refractivity contribution in [3.05, 3.63) is 35.0 Å². The average Bonchev–Trinajstić information content (AvgIpc) is 2.59. The van der Waals surface area contributed by atoms with Gasteiger partial charge < -0.3 is 11.5 Å². The molecule has 0 saturated heterocycles. The molecule has 1 aromatic carbocycles. The molecule has 2 rings (SSSR count). The summed E-state index contributed by atoms with van der Waals surface area (Å²) in [6.45, 7) is 1.92. The number of hydrogen-bond donors (Lipinski definition) is 2. The van der Waals surface area contributed by atoms with Crippen molar-refractivity contribution in [2.75, 3.05) is 5.73 Å². The Morgan fingerprint density at radius 3 is 2.59 bits per heavy atom. The number of carbonyl (C=O) groups excluding carboxylic acids is 1. The molecule has 4 nitrogen and oxygen atoms in total. The number of aryl methyl sites for hydroxylation is 1.